The highest BCUT2D eigenvalue weighted by Gasteiger charge is 2.11. The normalized spacial score (nSPS) is 10.6. The van der Waals surface area contributed by atoms with Crippen LogP contribution in [0.15, 0.2) is 48.5 Å². The summed E-state index contributed by atoms with van der Waals surface area (Å²) in [6, 6.07) is 11.8. The molecule has 0 heterocycles. The molecule has 0 aromatic heterocycles. The number of hydrogen-bond acceptors (Lipinski definition) is 5. The fourth-order valence-corrected chi connectivity index (χ4v) is 2.23. The van der Waals surface area contributed by atoms with Gasteiger partial charge in [-0.05, 0) is 35.4 Å². The van der Waals surface area contributed by atoms with E-state index in [1.165, 1.54) is 24.3 Å². The Morgan fingerprint density at radius 1 is 1.24 bits per heavy atom. The highest BCUT2D eigenvalue weighted by Crippen LogP contribution is 2.25. The van der Waals surface area contributed by atoms with Gasteiger partial charge in [-0.3, -0.25) is 10.1 Å². The Balaban J connectivity index is 1.86. The van der Waals surface area contributed by atoms with Crippen LogP contribution >= 0.6 is 11.6 Å². The topological polar surface area (TPSA) is 78.7 Å². The summed E-state index contributed by atoms with van der Waals surface area (Å²) >= 11 is 5.73. The molecule has 2 aromatic rings. The monoisotopic (exact) mass is 361 g/mol. The van der Waals surface area contributed by atoms with Crippen molar-refractivity contribution in [1.82, 2.24) is 0 Å². The first-order valence-electron chi connectivity index (χ1n) is 7.41. The fraction of sp³-hybridized carbons (Fsp3) is 0.167. The molecule has 7 heteroatoms. The number of nitrogens with zero attached hydrogens (tertiary/aromatic N) is 1. The zero-order valence-electron chi connectivity index (χ0n) is 13.5. The highest BCUT2D eigenvalue weighted by molar-refractivity contribution is 6.32. The van der Waals surface area contributed by atoms with Gasteiger partial charge >= 0.3 is 5.97 Å². The first kappa shape index (κ1) is 18.5. The first-order valence-corrected chi connectivity index (χ1v) is 7.79. The summed E-state index contributed by atoms with van der Waals surface area (Å²) in [4.78, 5) is 22.0. The fourth-order valence-electron chi connectivity index (χ4n) is 2.05. The maximum atomic E-state index is 11.7. The largest absolute Gasteiger partial charge is 0.497 e. The molecule has 0 fully saturated rings. The molecule has 2 rings (SSSR count). The number of nitro groups is 1. The van der Waals surface area contributed by atoms with Crippen molar-refractivity contribution in [1.29, 1.82) is 0 Å². The summed E-state index contributed by atoms with van der Waals surface area (Å²) in [7, 11) is 1.60. The minimum absolute atomic E-state index is 0.0456. The lowest BCUT2D eigenvalue weighted by molar-refractivity contribution is -0.384. The number of benzene rings is 2. The van der Waals surface area contributed by atoms with Gasteiger partial charge in [0.1, 0.15) is 10.8 Å². The molecule has 0 amide bonds. The molecule has 25 heavy (non-hydrogen) atoms. The van der Waals surface area contributed by atoms with E-state index in [1.54, 1.807) is 13.2 Å². The van der Waals surface area contributed by atoms with Crippen LogP contribution in [0, 0.1) is 10.1 Å². The first-order chi connectivity index (χ1) is 12.0. The molecule has 0 aliphatic rings. The number of ether oxygens (including phenoxy) is 2. The van der Waals surface area contributed by atoms with E-state index in [9.17, 15) is 14.9 Å². The molecular formula is C18H16ClNO5. The quantitative estimate of drug-likeness (QED) is 0.321. The number of nitro benzene ring substituents is 1. The lowest BCUT2D eigenvalue weighted by atomic mass is 10.1. The van der Waals surface area contributed by atoms with Crippen molar-refractivity contribution in [3.05, 3.63) is 74.8 Å². The second-order valence-electron chi connectivity index (χ2n) is 5.07. The van der Waals surface area contributed by atoms with E-state index in [4.69, 9.17) is 21.1 Å². The Kier molecular flexibility index (Phi) is 6.54. The highest BCUT2D eigenvalue weighted by atomic mass is 35.5. The number of carbonyl (C=O) groups is 1. The SMILES string of the molecule is COc1ccc(CCOC(=O)/C=C/c2ccc(Cl)c([N+](=O)[O-])c2)cc1. The molecule has 6 nitrogen and oxygen atoms in total. The number of methoxy groups -OCH3 is 1. The summed E-state index contributed by atoms with van der Waals surface area (Å²) in [5.74, 6) is 0.242. The van der Waals surface area contributed by atoms with E-state index in [0.29, 0.717) is 12.0 Å². The number of halogens is 1. The minimum Gasteiger partial charge on any atom is -0.497 e. The summed E-state index contributed by atoms with van der Waals surface area (Å²) in [6.45, 7) is 0.232. The molecule has 0 bridgehead atoms. The number of carbonyl (C=O) groups excluding carboxylic acids is 1. The van der Waals surface area contributed by atoms with Gasteiger partial charge in [0.15, 0.2) is 0 Å². The van der Waals surface area contributed by atoms with Crippen molar-refractivity contribution >= 4 is 29.3 Å². The van der Waals surface area contributed by atoms with Crippen LogP contribution in [-0.2, 0) is 16.0 Å². The van der Waals surface area contributed by atoms with Gasteiger partial charge in [-0.1, -0.05) is 29.8 Å². The second kappa shape index (κ2) is 8.84. The Bertz CT molecular complexity index is 787. The van der Waals surface area contributed by atoms with E-state index in [0.717, 1.165) is 11.3 Å². The summed E-state index contributed by atoms with van der Waals surface area (Å²) in [5, 5.41) is 10.9. The Hall–Kier alpha value is -2.86. The van der Waals surface area contributed by atoms with Crippen LogP contribution in [-0.4, -0.2) is 24.6 Å². The van der Waals surface area contributed by atoms with Crippen molar-refractivity contribution in [3.8, 4) is 5.75 Å². The van der Waals surface area contributed by atoms with Crippen molar-refractivity contribution in [2.75, 3.05) is 13.7 Å². The maximum absolute atomic E-state index is 11.7. The van der Waals surface area contributed by atoms with Gasteiger partial charge in [-0.15, -0.1) is 0 Å². The molecule has 2 aromatic carbocycles. The van der Waals surface area contributed by atoms with Gasteiger partial charge in [0.05, 0.1) is 18.6 Å². The zero-order chi connectivity index (χ0) is 18.2. The Labute approximate surface area is 149 Å². The molecule has 0 atom stereocenters. The van der Waals surface area contributed by atoms with Crippen LogP contribution in [0.5, 0.6) is 5.75 Å². The third-order valence-electron chi connectivity index (χ3n) is 3.37. The van der Waals surface area contributed by atoms with Crippen molar-refractivity contribution in [3.63, 3.8) is 0 Å². The number of rotatable bonds is 7. The van der Waals surface area contributed by atoms with Crippen LogP contribution in [0.4, 0.5) is 5.69 Å². The molecule has 0 radical (unpaired) electrons. The van der Waals surface area contributed by atoms with Crippen LogP contribution in [0.3, 0.4) is 0 Å². The number of esters is 1. The molecule has 0 spiro atoms. The third-order valence-corrected chi connectivity index (χ3v) is 3.69. The van der Waals surface area contributed by atoms with Gasteiger partial charge in [-0.2, -0.15) is 0 Å². The predicted octanol–water partition coefficient (Wildman–Crippen LogP) is 4.06. The van der Waals surface area contributed by atoms with Gasteiger partial charge in [0, 0.05) is 18.6 Å². The molecule has 0 aliphatic carbocycles. The van der Waals surface area contributed by atoms with Crippen molar-refractivity contribution in [2.24, 2.45) is 0 Å². The lowest BCUT2D eigenvalue weighted by Gasteiger charge is -2.04. The molecule has 0 aliphatic heterocycles. The van der Waals surface area contributed by atoms with E-state index in [-0.39, 0.29) is 17.3 Å². The van der Waals surface area contributed by atoms with E-state index in [2.05, 4.69) is 0 Å². The van der Waals surface area contributed by atoms with Gasteiger partial charge in [0.25, 0.3) is 5.69 Å². The van der Waals surface area contributed by atoms with E-state index in [1.807, 2.05) is 24.3 Å². The van der Waals surface area contributed by atoms with E-state index >= 15 is 0 Å². The minimum atomic E-state index is -0.577. The van der Waals surface area contributed by atoms with E-state index < -0.39 is 10.9 Å². The average Bonchev–Trinajstić information content (AvgIpc) is 2.61. The van der Waals surface area contributed by atoms with Gasteiger partial charge in [-0.25, -0.2) is 4.79 Å². The standard InChI is InChI=1S/C18H16ClNO5/c1-24-15-6-2-13(3-7-15)10-11-25-18(21)9-5-14-4-8-16(19)17(12-14)20(22)23/h2-9,12H,10-11H2,1H3/b9-5+. The van der Waals surface area contributed by atoms with Crippen molar-refractivity contribution in [2.45, 2.75) is 6.42 Å². The Morgan fingerprint density at radius 2 is 1.96 bits per heavy atom. The molecule has 0 saturated carbocycles. The predicted molar refractivity (Wildman–Crippen MR) is 94.8 cm³/mol. The second-order valence-corrected chi connectivity index (χ2v) is 5.47. The maximum Gasteiger partial charge on any atom is 0.330 e. The third kappa shape index (κ3) is 5.61. The lowest BCUT2D eigenvalue weighted by Crippen LogP contribution is -2.04. The van der Waals surface area contributed by atoms with Crippen LogP contribution in [0.1, 0.15) is 11.1 Å². The molecular weight excluding hydrogens is 346 g/mol. The van der Waals surface area contributed by atoms with Gasteiger partial charge < -0.3 is 9.47 Å². The molecule has 0 N–H and O–H groups in total. The molecule has 0 unspecified atom stereocenters. The Morgan fingerprint density at radius 3 is 2.60 bits per heavy atom. The smallest absolute Gasteiger partial charge is 0.330 e. The number of hydrogen-bond donors (Lipinski definition) is 0. The zero-order valence-corrected chi connectivity index (χ0v) is 14.2. The van der Waals surface area contributed by atoms with Crippen molar-refractivity contribution < 1.29 is 19.2 Å². The van der Waals surface area contributed by atoms with Crippen LogP contribution < -0.4 is 4.74 Å². The molecule has 130 valence electrons. The van der Waals surface area contributed by atoms with Crippen LogP contribution in [0.25, 0.3) is 6.08 Å². The van der Waals surface area contributed by atoms with Gasteiger partial charge in [0.2, 0.25) is 0 Å². The summed E-state index contributed by atoms with van der Waals surface area (Å²) in [5.41, 5.74) is 1.30. The summed E-state index contributed by atoms with van der Waals surface area (Å²) in [6.07, 6.45) is 3.25. The molecule has 0 saturated heterocycles. The summed E-state index contributed by atoms with van der Waals surface area (Å²) < 4.78 is 10.2. The average molecular weight is 362 g/mol. The van der Waals surface area contributed by atoms with Crippen LogP contribution in [0.2, 0.25) is 5.02 Å².